The van der Waals surface area contributed by atoms with E-state index in [0.717, 1.165) is 22.4 Å². The second kappa shape index (κ2) is 12.9. The number of phenols is 1. The molecule has 4 aromatic rings. The highest BCUT2D eigenvalue weighted by molar-refractivity contribution is 6.31. The molecule has 0 fully saturated rings. The quantitative estimate of drug-likeness (QED) is 0.256. The molecule has 0 spiro atoms. The van der Waals surface area contributed by atoms with Crippen molar-refractivity contribution in [3.05, 3.63) is 82.3 Å². The molecular weight excluding hydrogens is 505 g/mol. The number of ether oxygens (including phenoxy) is 1. The number of nitrogens with zero attached hydrogens (tertiary/aromatic N) is 1. The fraction of sp³-hybridized carbons (Fsp3) is 0.323. The number of carboxylic acids is 1. The molecule has 7 heteroatoms. The Morgan fingerprint density at radius 1 is 1.03 bits per heavy atom. The Hall–Kier alpha value is -3.35. The van der Waals surface area contributed by atoms with Crippen molar-refractivity contribution in [1.29, 1.82) is 0 Å². The van der Waals surface area contributed by atoms with E-state index in [4.69, 9.17) is 16.3 Å². The zero-order chi connectivity index (χ0) is 28.8. The van der Waals surface area contributed by atoms with Gasteiger partial charge < -0.3 is 19.5 Å². The average Bonchev–Trinajstić information content (AvgIpc) is 3.22. The third-order valence-electron chi connectivity index (χ3n) is 5.99. The van der Waals surface area contributed by atoms with E-state index in [9.17, 15) is 19.4 Å². The van der Waals surface area contributed by atoms with Crippen molar-refractivity contribution in [2.75, 3.05) is 13.7 Å². The molecular formula is C31H37ClFNO4. The first-order valence-electron chi connectivity index (χ1n) is 12.7. The summed E-state index contributed by atoms with van der Waals surface area (Å²) in [5.74, 6) is -1.38. The number of hydrogen-bond acceptors (Lipinski definition) is 3. The van der Waals surface area contributed by atoms with Gasteiger partial charge in [0.25, 0.3) is 0 Å². The number of aromatic carboxylic acids is 1. The van der Waals surface area contributed by atoms with Crippen LogP contribution in [0.5, 0.6) is 5.75 Å². The number of methoxy groups -OCH3 is 1. The first kappa shape index (κ1) is 30.9. The van der Waals surface area contributed by atoms with Crippen LogP contribution in [-0.4, -0.2) is 34.5 Å². The van der Waals surface area contributed by atoms with Gasteiger partial charge in [0.15, 0.2) is 0 Å². The molecule has 0 amide bonds. The van der Waals surface area contributed by atoms with E-state index in [1.54, 1.807) is 43.5 Å². The fourth-order valence-corrected chi connectivity index (χ4v) is 4.84. The number of aryl methyl sites for hydroxylation is 1. The molecule has 0 aliphatic rings. The first-order valence-corrected chi connectivity index (χ1v) is 13.1. The maximum Gasteiger partial charge on any atom is 0.335 e. The predicted molar refractivity (Wildman–Crippen MR) is 155 cm³/mol. The van der Waals surface area contributed by atoms with Gasteiger partial charge in [0.1, 0.15) is 11.6 Å². The highest BCUT2D eigenvalue weighted by Gasteiger charge is 2.33. The first-order chi connectivity index (χ1) is 18.0. The van der Waals surface area contributed by atoms with E-state index in [1.807, 2.05) is 53.0 Å². The molecule has 0 bridgehead atoms. The van der Waals surface area contributed by atoms with Crippen LogP contribution in [0, 0.1) is 12.7 Å². The average molecular weight is 542 g/mol. The van der Waals surface area contributed by atoms with Crippen molar-refractivity contribution in [1.82, 2.24) is 4.57 Å². The zero-order valence-electron chi connectivity index (χ0n) is 23.3. The summed E-state index contributed by atoms with van der Waals surface area (Å²) in [5.41, 5.74) is 4.02. The van der Waals surface area contributed by atoms with Gasteiger partial charge >= 0.3 is 5.97 Å². The van der Waals surface area contributed by atoms with Gasteiger partial charge in [-0.1, -0.05) is 59.2 Å². The van der Waals surface area contributed by atoms with E-state index in [0.29, 0.717) is 28.2 Å². The number of aromatic hydroxyl groups is 1. The zero-order valence-corrected chi connectivity index (χ0v) is 24.1. The standard InChI is InChI=1S/C27H25ClFNO4.2C2H6/c1-15-11-16(26(32)33)5-10-20(15)23-24-21(12-17(28)13-22(24)31)30(19-8-6-18(29)7-9-19)25(23)27(2,3)14-34-4;2*1-2/h5-13,31H,14H2,1-4H3,(H,32,33);2*1-2H3. The molecule has 0 radical (unpaired) electrons. The monoisotopic (exact) mass is 541 g/mol. The summed E-state index contributed by atoms with van der Waals surface area (Å²) in [6.07, 6.45) is 0. The van der Waals surface area contributed by atoms with E-state index < -0.39 is 11.4 Å². The van der Waals surface area contributed by atoms with Crippen LogP contribution in [-0.2, 0) is 10.2 Å². The molecule has 0 atom stereocenters. The second-order valence-corrected chi connectivity index (χ2v) is 9.44. The topological polar surface area (TPSA) is 71.7 Å². The number of aromatic nitrogens is 1. The number of carboxylic acid groups (broad SMARTS) is 1. The Bertz CT molecular complexity index is 1410. The summed E-state index contributed by atoms with van der Waals surface area (Å²) in [4.78, 5) is 11.5. The van der Waals surface area contributed by atoms with Gasteiger partial charge in [0.2, 0.25) is 0 Å². The lowest BCUT2D eigenvalue weighted by Gasteiger charge is -2.28. The minimum absolute atomic E-state index is 0.00506. The largest absolute Gasteiger partial charge is 0.507 e. The minimum Gasteiger partial charge on any atom is -0.507 e. The van der Waals surface area contributed by atoms with Crippen molar-refractivity contribution in [3.63, 3.8) is 0 Å². The summed E-state index contributed by atoms with van der Waals surface area (Å²) in [5, 5.41) is 21.4. The van der Waals surface area contributed by atoms with Crippen molar-refractivity contribution >= 4 is 28.5 Å². The molecule has 204 valence electrons. The van der Waals surface area contributed by atoms with E-state index >= 15 is 0 Å². The number of rotatable bonds is 6. The second-order valence-electron chi connectivity index (χ2n) is 9.01. The summed E-state index contributed by atoms with van der Waals surface area (Å²) < 4.78 is 21.3. The Labute approximate surface area is 229 Å². The van der Waals surface area contributed by atoms with E-state index in [1.165, 1.54) is 18.2 Å². The molecule has 1 aromatic heterocycles. The summed E-state index contributed by atoms with van der Waals surface area (Å²) >= 11 is 6.36. The van der Waals surface area contributed by atoms with Crippen molar-refractivity contribution < 1.29 is 24.1 Å². The normalized spacial score (nSPS) is 10.9. The lowest BCUT2D eigenvalue weighted by molar-refractivity contribution is 0.0696. The van der Waals surface area contributed by atoms with Gasteiger partial charge in [-0.15, -0.1) is 0 Å². The smallest absolute Gasteiger partial charge is 0.335 e. The van der Waals surface area contributed by atoms with E-state index in [-0.39, 0.29) is 17.1 Å². The van der Waals surface area contributed by atoms with Crippen LogP contribution >= 0.6 is 11.6 Å². The maximum atomic E-state index is 13.8. The van der Waals surface area contributed by atoms with Gasteiger partial charge in [-0.25, -0.2) is 9.18 Å². The highest BCUT2D eigenvalue weighted by Crippen LogP contribution is 2.47. The predicted octanol–water partition coefficient (Wildman–Crippen LogP) is 8.78. The molecule has 0 aliphatic carbocycles. The SMILES string of the molecule is CC.CC.COCC(C)(C)c1c(-c2ccc(C(=O)O)cc2C)c2c(O)cc(Cl)cc2n1-c1ccc(F)cc1. The number of hydrogen-bond donors (Lipinski definition) is 2. The van der Waals surface area contributed by atoms with Crippen molar-refractivity contribution in [3.8, 4) is 22.6 Å². The molecule has 0 saturated heterocycles. The molecule has 0 aliphatic heterocycles. The molecule has 0 saturated carbocycles. The van der Waals surface area contributed by atoms with E-state index in [2.05, 4.69) is 0 Å². The molecule has 2 N–H and O–H groups in total. The number of carbonyl (C=O) groups is 1. The molecule has 3 aromatic carbocycles. The Kier molecular flexibility index (Phi) is 10.5. The van der Waals surface area contributed by atoms with Crippen LogP contribution in [0.3, 0.4) is 0 Å². The van der Waals surface area contributed by atoms with Crippen LogP contribution in [0.4, 0.5) is 4.39 Å². The van der Waals surface area contributed by atoms with Crippen LogP contribution in [0.1, 0.15) is 63.2 Å². The number of fused-ring (bicyclic) bond motifs is 1. The van der Waals surface area contributed by atoms with Crippen molar-refractivity contribution in [2.45, 2.75) is 53.9 Å². The fourth-order valence-electron chi connectivity index (χ4n) is 4.63. The molecule has 0 unspecified atom stereocenters. The number of phenolic OH excluding ortho intramolecular Hbond substituents is 1. The maximum absolute atomic E-state index is 13.8. The summed E-state index contributed by atoms with van der Waals surface area (Å²) in [6, 6.07) is 14.3. The molecule has 5 nitrogen and oxygen atoms in total. The lowest BCUT2D eigenvalue weighted by atomic mass is 9.83. The van der Waals surface area contributed by atoms with Gasteiger partial charge in [-0.2, -0.15) is 0 Å². The Morgan fingerprint density at radius 2 is 1.63 bits per heavy atom. The Morgan fingerprint density at radius 3 is 2.16 bits per heavy atom. The third-order valence-corrected chi connectivity index (χ3v) is 6.20. The van der Waals surface area contributed by atoms with Gasteiger partial charge in [0, 0.05) is 34.5 Å². The molecule has 1 heterocycles. The van der Waals surface area contributed by atoms with Crippen LogP contribution < -0.4 is 0 Å². The summed E-state index contributed by atoms with van der Waals surface area (Å²) in [6.45, 7) is 14.2. The van der Waals surface area contributed by atoms with Crippen LogP contribution in [0.2, 0.25) is 5.02 Å². The number of halogens is 2. The summed E-state index contributed by atoms with van der Waals surface area (Å²) in [7, 11) is 1.62. The van der Waals surface area contributed by atoms with Crippen molar-refractivity contribution in [2.24, 2.45) is 0 Å². The minimum atomic E-state index is -1.02. The van der Waals surface area contributed by atoms with Gasteiger partial charge in [-0.3, -0.25) is 0 Å². The van der Waals surface area contributed by atoms with Gasteiger partial charge in [-0.05, 0) is 66.6 Å². The number of benzene rings is 3. The van der Waals surface area contributed by atoms with Crippen LogP contribution in [0.25, 0.3) is 27.7 Å². The lowest BCUT2D eigenvalue weighted by Crippen LogP contribution is -2.27. The Balaban J connectivity index is 0.00000121. The highest BCUT2D eigenvalue weighted by atomic mass is 35.5. The molecule has 38 heavy (non-hydrogen) atoms. The van der Waals surface area contributed by atoms with Gasteiger partial charge in [0.05, 0.1) is 23.1 Å². The third kappa shape index (κ3) is 6.03. The van der Waals surface area contributed by atoms with Crippen LogP contribution in [0.15, 0.2) is 54.6 Å². The molecule has 4 rings (SSSR count).